The topological polar surface area (TPSA) is 63.5 Å². The molecule has 1 aromatic carbocycles. The van der Waals surface area contributed by atoms with Crippen molar-refractivity contribution >= 4 is 17.0 Å². The van der Waals surface area contributed by atoms with Crippen LogP contribution in [0.3, 0.4) is 0 Å². The Bertz CT molecular complexity index is 722. The zero-order valence-electron chi connectivity index (χ0n) is 14.0. The molecule has 0 unspecified atom stereocenters. The second kappa shape index (κ2) is 7.21. The van der Waals surface area contributed by atoms with Crippen molar-refractivity contribution < 1.29 is 18.3 Å². The minimum absolute atomic E-state index is 0.0970. The van der Waals surface area contributed by atoms with Crippen molar-refractivity contribution in [2.24, 2.45) is 5.92 Å². The first kappa shape index (κ1) is 16.8. The van der Waals surface area contributed by atoms with Crippen LogP contribution in [0, 0.1) is 18.7 Å². The van der Waals surface area contributed by atoms with Crippen LogP contribution in [0.2, 0.25) is 0 Å². The molecule has 6 heteroatoms. The Morgan fingerprint density at radius 2 is 2.12 bits per heavy atom. The molecule has 1 aliphatic rings. The smallest absolute Gasteiger partial charge is 0.315 e. The standard InChI is InChI=1S/C18H23FN2O3/c1-11-15-9-14(19)3-4-16(15)24-17(11)10-20-18(22)21-12(2)13-5-7-23-8-6-13/h3-4,9,12-13H,5-8,10H2,1-2H3,(H2,20,21,22)/t12-/m0/s1. The van der Waals surface area contributed by atoms with E-state index in [1.807, 2.05) is 13.8 Å². The van der Waals surface area contributed by atoms with Gasteiger partial charge in [0, 0.05) is 30.2 Å². The third kappa shape index (κ3) is 3.70. The number of nitrogens with one attached hydrogen (secondary N) is 2. The number of halogens is 1. The van der Waals surface area contributed by atoms with Gasteiger partial charge in [0.05, 0.1) is 6.54 Å². The SMILES string of the molecule is Cc1c(CNC(=O)N[C@@H](C)C2CCOCC2)oc2ccc(F)cc12. The summed E-state index contributed by atoms with van der Waals surface area (Å²) in [5, 5.41) is 6.53. The van der Waals surface area contributed by atoms with Gasteiger partial charge in [-0.15, -0.1) is 0 Å². The Hall–Kier alpha value is -2.08. The normalized spacial score (nSPS) is 17.0. The van der Waals surface area contributed by atoms with Crippen molar-refractivity contribution in [1.29, 1.82) is 0 Å². The number of rotatable bonds is 4. The number of ether oxygens (including phenoxy) is 1. The highest BCUT2D eigenvalue weighted by Crippen LogP contribution is 2.25. The quantitative estimate of drug-likeness (QED) is 0.899. The summed E-state index contributed by atoms with van der Waals surface area (Å²) < 4.78 is 24.4. The van der Waals surface area contributed by atoms with Crippen LogP contribution in [0.15, 0.2) is 22.6 Å². The highest BCUT2D eigenvalue weighted by atomic mass is 19.1. The van der Waals surface area contributed by atoms with Crippen molar-refractivity contribution in [2.45, 2.75) is 39.3 Å². The van der Waals surface area contributed by atoms with Crippen molar-refractivity contribution in [3.8, 4) is 0 Å². The molecule has 2 N–H and O–H groups in total. The predicted molar refractivity (Wildman–Crippen MR) is 89.3 cm³/mol. The Morgan fingerprint density at radius 3 is 2.88 bits per heavy atom. The summed E-state index contributed by atoms with van der Waals surface area (Å²) in [7, 11) is 0. The van der Waals surface area contributed by atoms with Crippen LogP contribution in [0.4, 0.5) is 9.18 Å². The molecule has 1 aromatic heterocycles. The van der Waals surface area contributed by atoms with E-state index in [4.69, 9.17) is 9.15 Å². The Labute approximate surface area is 140 Å². The van der Waals surface area contributed by atoms with E-state index in [0.29, 0.717) is 17.3 Å². The summed E-state index contributed by atoms with van der Waals surface area (Å²) in [4.78, 5) is 12.1. The largest absolute Gasteiger partial charge is 0.459 e. The fourth-order valence-electron chi connectivity index (χ4n) is 3.16. The van der Waals surface area contributed by atoms with Crippen LogP contribution < -0.4 is 10.6 Å². The Kier molecular flexibility index (Phi) is 5.04. The molecule has 3 rings (SSSR count). The van der Waals surface area contributed by atoms with E-state index in [1.165, 1.54) is 12.1 Å². The summed E-state index contributed by atoms with van der Waals surface area (Å²) in [6.45, 7) is 5.67. The van der Waals surface area contributed by atoms with Gasteiger partial charge < -0.3 is 19.8 Å². The van der Waals surface area contributed by atoms with E-state index in [-0.39, 0.29) is 24.4 Å². The van der Waals surface area contributed by atoms with Crippen molar-refractivity contribution in [3.05, 3.63) is 35.3 Å². The maximum absolute atomic E-state index is 13.3. The molecule has 130 valence electrons. The molecule has 0 radical (unpaired) electrons. The highest BCUT2D eigenvalue weighted by molar-refractivity contribution is 5.82. The first-order valence-corrected chi connectivity index (χ1v) is 8.34. The predicted octanol–water partition coefficient (Wildman–Crippen LogP) is 3.49. The van der Waals surface area contributed by atoms with Crippen LogP contribution in [-0.4, -0.2) is 25.3 Å². The average Bonchev–Trinajstić information content (AvgIpc) is 2.89. The van der Waals surface area contributed by atoms with Crippen molar-refractivity contribution in [3.63, 3.8) is 0 Å². The maximum Gasteiger partial charge on any atom is 0.315 e. The van der Waals surface area contributed by atoms with Crippen LogP contribution in [-0.2, 0) is 11.3 Å². The number of carbonyl (C=O) groups excluding carboxylic acids is 1. The number of furan rings is 1. The third-order valence-electron chi connectivity index (χ3n) is 4.74. The van der Waals surface area contributed by atoms with Crippen LogP contribution in [0.5, 0.6) is 0 Å². The van der Waals surface area contributed by atoms with E-state index in [2.05, 4.69) is 10.6 Å². The number of carbonyl (C=O) groups is 1. The summed E-state index contributed by atoms with van der Waals surface area (Å²) >= 11 is 0. The van der Waals surface area contributed by atoms with Gasteiger partial charge in [-0.3, -0.25) is 0 Å². The van der Waals surface area contributed by atoms with E-state index < -0.39 is 0 Å². The van der Waals surface area contributed by atoms with Crippen molar-refractivity contribution in [2.75, 3.05) is 13.2 Å². The molecule has 2 amide bonds. The molecule has 0 saturated carbocycles. The summed E-state index contributed by atoms with van der Waals surface area (Å²) in [6, 6.07) is 4.30. The molecule has 1 fully saturated rings. The molecule has 1 atom stereocenters. The number of benzene rings is 1. The van der Waals surface area contributed by atoms with E-state index in [1.54, 1.807) is 6.07 Å². The lowest BCUT2D eigenvalue weighted by Crippen LogP contribution is -2.45. The van der Waals surface area contributed by atoms with Gasteiger partial charge in [0.1, 0.15) is 17.2 Å². The van der Waals surface area contributed by atoms with Gasteiger partial charge >= 0.3 is 6.03 Å². The fourth-order valence-corrected chi connectivity index (χ4v) is 3.16. The van der Waals surface area contributed by atoms with Gasteiger partial charge in [0.2, 0.25) is 0 Å². The number of hydrogen-bond donors (Lipinski definition) is 2. The van der Waals surface area contributed by atoms with Crippen LogP contribution >= 0.6 is 0 Å². The number of hydrogen-bond acceptors (Lipinski definition) is 3. The van der Waals surface area contributed by atoms with Gasteiger partial charge in [-0.2, -0.15) is 0 Å². The molecule has 2 heterocycles. The van der Waals surface area contributed by atoms with Gasteiger partial charge in [-0.1, -0.05) is 0 Å². The monoisotopic (exact) mass is 334 g/mol. The molecule has 1 saturated heterocycles. The minimum atomic E-state index is -0.297. The van der Waals surface area contributed by atoms with Gasteiger partial charge in [-0.25, -0.2) is 9.18 Å². The highest BCUT2D eigenvalue weighted by Gasteiger charge is 2.22. The Balaban J connectivity index is 1.57. The molecule has 1 aliphatic heterocycles. The molecule has 24 heavy (non-hydrogen) atoms. The zero-order chi connectivity index (χ0) is 17.1. The fraction of sp³-hybridized carbons (Fsp3) is 0.500. The average molecular weight is 334 g/mol. The second-order valence-corrected chi connectivity index (χ2v) is 6.36. The van der Waals surface area contributed by atoms with Crippen molar-refractivity contribution in [1.82, 2.24) is 10.6 Å². The number of urea groups is 1. The first-order valence-electron chi connectivity index (χ1n) is 8.34. The van der Waals surface area contributed by atoms with E-state index in [0.717, 1.165) is 37.0 Å². The molecule has 2 aromatic rings. The maximum atomic E-state index is 13.3. The van der Waals surface area contributed by atoms with E-state index >= 15 is 0 Å². The lowest BCUT2D eigenvalue weighted by atomic mass is 9.93. The lowest BCUT2D eigenvalue weighted by Gasteiger charge is -2.28. The number of aryl methyl sites for hydroxylation is 1. The molecule has 0 aliphatic carbocycles. The van der Waals surface area contributed by atoms with E-state index in [9.17, 15) is 9.18 Å². The summed E-state index contributed by atoms with van der Waals surface area (Å²) in [5.41, 5.74) is 1.48. The molecule has 5 nitrogen and oxygen atoms in total. The molecular formula is C18H23FN2O3. The first-order chi connectivity index (χ1) is 11.5. The number of amides is 2. The third-order valence-corrected chi connectivity index (χ3v) is 4.74. The van der Waals surface area contributed by atoms with Crippen LogP contribution in [0.1, 0.15) is 31.1 Å². The van der Waals surface area contributed by atoms with Crippen LogP contribution in [0.25, 0.3) is 11.0 Å². The molecular weight excluding hydrogens is 311 g/mol. The Morgan fingerprint density at radius 1 is 1.38 bits per heavy atom. The molecule has 0 spiro atoms. The zero-order valence-corrected chi connectivity index (χ0v) is 14.0. The minimum Gasteiger partial charge on any atom is -0.459 e. The lowest BCUT2D eigenvalue weighted by molar-refractivity contribution is 0.0571. The van der Waals surface area contributed by atoms with Gasteiger partial charge in [-0.05, 0) is 50.8 Å². The van der Waals surface area contributed by atoms with Gasteiger partial charge in [0.25, 0.3) is 0 Å². The summed E-state index contributed by atoms with van der Waals surface area (Å²) in [5.74, 6) is 0.791. The number of fused-ring (bicyclic) bond motifs is 1. The second-order valence-electron chi connectivity index (χ2n) is 6.36. The summed E-state index contributed by atoms with van der Waals surface area (Å²) in [6.07, 6.45) is 1.94. The van der Waals surface area contributed by atoms with Gasteiger partial charge in [0.15, 0.2) is 0 Å². The molecule has 0 bridgehead atoms.